The van der Waals surface area contributed by atoms with Gasteiger partial charge in [-0.25, -0.2) is 15.0 Å². The molecule has 1 aromatic carbocycles. The van der Waals surface area contributed by atoms with Crippen molar-refractivity contribution in [2.24, 2.45) is 0 Å². The van der Waals surface area contributed by atoms with E-state index in [9.17, 15) is 4.79 Å². The topological polar surface area (TPSA) is 98.7 Å². The summed E-state index contributed by atoms with van der Waals surface area (Å²) in [6.07, 6.45) is 8.87. The van der Waals surface area contributed by atoms with Crippen LogP contribution >= 0.6 is 11.8 Å². The van der Waals surface area contributed by atoms with Crippen molar-refractivity contribution in [1.82, 2.24) is 24.8 Å². The van der Waals surface area contributed by atoms with Crippen molar-refractivity contribution in [1.29, 1.82) is 0 Å². The summed E-state index contributed by atoms with van der Waals surface area (Å²) >= 11 is 1.66. The van der Waals surface area contributed by atoms with Crippen LogP contribution in [0.3, 0.4) is 0 Å². The van der Waals surface area contributed by atoms with E-state index in [0.717, 1.165) is 58.5 Å². The smallest absolute Gasteiger partial charge is 0.254 e. The summed E-state index contributed by atoms with van der Waals surface area (Å²) in [5, 5.41) is 4.91. The Hall–Kier alpha value is -3.13. The van der Waals surface area contributed by atoms with Gasteiger partial charge in [0.15, 0.2) is 5.82 Å². The number of pyridine rings is 2. The lowest BCUT2D eigenvalue weighted by Gasteiger charge is -2.10. The Morgan fingerprint density at radius 3 is 2.85 bits per heavy atom. The molecule has 3 aromatic heterocycles. The number of nitrogen functional groups attached to an aromatic ring is 1. The molecule has 0 saturated carbocycles. The van der Waals surface area contributed by atoms with Crippen molar-refractivity contribution < 1.29 is 4.79 Å². The molecule has 3 heterocycles. The van der Waals surface area contributed by atoms with E-state index in [2.05, 4.69) is 31.8 Å². The van der Waals surface area contributed by atoms with E-state index in [1.807, 2.05) is 42.7 Å². The number of nitrogens with zero attached hydrogens (tertiary/aromatic N) is 4. The van der Waals surface area contributed by atoms with Gasteiger partial charge in [0.2, 0.25) is 0 Å². The molecular weight excluding hydrogens is 432 g/mol. The van der Waals surface area contributed by atoms with Crippen LogP contribution in [0.1, 0.15) is 49.4 Å². The number of imidazole rings is 1. The fourth-order valence-corrected chi connectivity index (χ4v) is 4.87. The van der Waals surface area contributed by atoms with Gasteiger partial charge in [-0.2, -0.15) is 0 Å². The van der Waals surface area contributed by atoms with Gasteiger partial charge >= 0.3 is 0 Å². The molecule has 0 atom stereocenters. The number of amides is 1. The van der Waals surface area contributed by atoms with Crippen molar-refractivity contribution in [3.05, 3.63) is 54.5 Å². The fourth-order valence-electron chi connectivity index (χ4n) is 3.88. The zero-order valence-electron chi connectivity index (χ0n) is 19.0. The molecule has 33 heavy (non-hydrogen) atoms. The molecule has 0 radical (unpaired) electrons. The quantitative estimate of drug-likeness (QED) is 0.239. The first-order chi connectivity index (χ1) is 16.2. The van der Waals surface area contributed by atoms with Crippen LogP contribution in [0, 0.1) is 0 Å². The number of para-hydroxylation sites is 1. The molecule has 4 rings (SSSR count). The Labute approximate surface area is 198 Å². The number of nitrogens with one attached hydrogen (secondary N) is 1. The van der Waals surface area contributed by atoms with Crippen LogP contribution in [-0.4, -0.2) is 37.7 Å². The predicted molar refractivity (Wildman–Crippen MR) is 135 cm³/mol. The first kappa shape index (κ1) is 23.0. The Morgan fingerprint density at radius 1 is 1.09 bits per heavy atom. The zero-order valence-corrected chi connectivity index (χ0v) is 19.8. The molecule has 0 bridgehead atoms. The van der Waals surface area contributed by atoms with Gasteiger partial charge < -0.3 is 15.6 Å². The van der Waals surface area contributed by atoms with Gasteiger partial charge in [-0.15, -0.1) is 11.8 Å². The number of fused-ring (bicyclic) bond motifs is 3. The molecule has 0 aliphatic carbocycles. The van der Waals surface area contributed by atoms with Crippen molar-refractivity contribution >= 4 is 45.4 Å². The van der Waals surface area contributed by atoms with Crippen LogP contribution in [0.15, 0.2) is 53.9 Å². The van der Waals surface area contributed by atoms with E-state index in [0.29, 0.717) is 17.9 Å². The zero-order chi connectivity index (χ0) is 23.0. The molecule has 0 unspecified atom stereocenters. The number of aromatic nitrogens is 4. The number of aryl methyl sites for hydroxylation is 1. The number of carbonyl (C=O) groups excluding carboxylic acids is 1. The number of unbranched alkanes of at least 4 members (excludes halogenated alkanes) is 3. The number of anilines is 1. The summed E-state index contributed by atoms with van der Waals surface area (Å²) in [5.41, 5.74) is 9.40. The van der Waals surface area contributed by atoms with Crippen LogP contribution in [0.4, 0.5) is 5.82 Å². The number of hydrogen-bond acceptors (Lipinski definition) is 6. The summed E-state index contributed by atoms with van der Waals surface area (Å²) in [7, 11) is 0. The molecule has 4 aromatic rings. The molecule has 0 aliphatic heterocycles. The van der Waals surface area contributed by atoms with E-state index in [1.54, 1.807) is 18.0 Å². The number of rotatable bonds is 11. The largest absolute Gasteiger partial charge is 0.382 e. The molecule has 1 amide bonds. The Morgan fingerprint density at radius 2 is 1.97 bits per heavy atom. The van der Waals surface area contributed by atoms with E-state index in [-0.39, 0.29) is 5.91 Å². The Balaban J connectivity index is 1.32. The van der Waals surface area contributed by atoms with Crippen LogP contribution in [0.5, 0.6) is 0 Å². The number of carbonyl (C=O) groups is 1. The van der Waals surface area contributed by atoms with Crippen molar-refractivity contribution in [3.63, 3.8) is 0 Å². The third kappa shape index (κ3) is 5.45. The minimum atomic E-state index is -0.0565. The molecule has 0 spiro atoms. The fraction of sp³-hybridized carbons (Fsp3) is 0.360. The van der Waals surface area contributed by atoms with E-state index in [1.165, 1.54) is 12.8 Å². The second-order valence-corrected chi connectivity index (χ2v) is 9.11. The maximum Gasteiger partial charge on any atom is 0.254 e. The maximum atomic E-state index is 12.7. The molecule has 172 valence electrons. The van der Waals surface area contributed by atoms with E-state index < -0.39 is 0 Å². The highest BCUT2D eigenvalue weighted by molar-refractivity contribution is 7.99. The minimum absolute atomic E-state index is 0.0565. The van der Waals surface area contributed by atoms with Crippen molar-refractivity contribution in [2.75, 3.05) is 18.0 Å². The number of benzene rings is 1. The third-order valence-corrected chi connectivity index (χ3v) is 6.69. The first-order valence-electron chi connectivity index (χ1n) is 11.5. The molecular formula is C25H30N6OS. The van der Waals surface area contributed by atoms with E-state index in [4.69, 9.17) is 5.73 Å². The summed E-state index contributed by atoms with van der Waals surface area (Å²) in [6, 6.07) is 11.6. The third-order valence-electron chi connectivity index (χ3n) is 5.59. The van der Waals surface area contributed by atoms with Crippen LogP contribution in [0.25, 0.3) is 21.9 Å². The molecule has 8 heteroatoms. The van der Waals surface area contributed by atoms with Crippen LogP contribution < -0.4 is 11.1 Å². The van der Waals surface area contributed by atoms with Gasteiger partial charge in [-0.3, -0.25) is 4.79 Å². The SMILES string of the molecule is CCCCCSc1ncccc1C(=O)NCCCCn1cnc2c(N)nc3ccccc3c21. The highest BCUT2D eigenvalue weighted by atomic mass is 32.2. The molecule has 7 nitrogen and oxygen atoms in total. The monoisotopic (exact) mass is 462 g/mol. The lowest BCUT2D eigenvalue weighted by molar-refractivity contribution is 0.0949. The lowest BCUT2D eigenvalue weighted by atomic mass is 10.2. The highest BCUT2D eigenvalue weighted by Gasteiger charge is 2.13. The molecule has 0 aliphatic rings. The van der Waals surface area contributed by atoms with Gasteiger partial charge in [-0.05, 0) is 43.2 Å². The summed E-state index contributed by atoms with van der Waals surface area (Å²) in [5.74, 6) is 1.38. The van der Waals surface area contributed by atoms with Crippen molar-refractivity contribution in [3.8, 4) is 0 Å². The summed E-state index contributed by atoms with van der Waals surface area (Å²) in [4.78, 5) is 26.1. The second kappa shape index (κ2) is 11.1. The molecule has 3 N–H and O–H groups in total. The van der Waals surface area contributed by atoms with Gasteiger partial charge in [0.25, 0.3) is 5.91 Å². The van der Waals surface area contributed by atoms with Crippen LogP contribution in [0.2, 0.25) is 0 Å². The average Bonchev–Trinajstić information content (AvgIpc) is 3.27. The summed E-state index contributed by atoms with van der Waals surface area (Å²) < 4.78 is 2.13. The number of thioether (sulfide) groups is 1. The average molecular weight is 463 g/mol. The van der Waals surface area contributed by atoms with Gasteiger partial charge in [-0.1, -0.05) is 38.0 Å². The Bertz CT molecular complexity index is 1240. The van der Waals surface area contributed by atoms with Crippen LogP contribution in [-0.2, 0) is 6.54 Å². The van der Waals surface area contributed by atoms with Gasteiger partial charge in [0, 0.05) is 24.7 Å². The normalized spacial score (nSPS) is 11.3. The Kier molecular flexibility index (Phi) is 7.78. The predicted octanol–water partition coefficient (Wildman–Crippen LogP) is 5.05. The molecule has 0 saturated heterocycles. The second-order valence-electron chi connectivity index (χ2n) is 8.02. The number of nitrogens with two attached hydrogens (primary N) is 1. The summed E-state index contributed by atoms with van der Waals surface area (Å²) in [6.45, 7) is 3.60. The maximum absolute atomic E-state index is 12.7. The first-order valence-corrected chi connectivity index (χ1v) is 12.5. The van der Waals surface area contributed by atoms with Gasteiger partial charge in [0.05, 0.1) is 22.9 Å². The lowest BCUT2D eigenvalue weighted by Crippen LogP contribution is -2.25. The highest BCUT2D eigenvalue weighted by Crippen LogP contribution is 2.27. The van der Waals surface area contributed by atoms with Gasteiger partial charge in [0.1, 0.15) is 10.5 Å². The van der Waals surface area contributed by atoms with E-state index >= 15 is 0 Å². The standard InChI is InChI=1S/C25H30N6OS/c1-2-3-8-16-33-25-19(11-9-14-28-25)24(32)27-13-6-7-15-31-17-29-21-22(31)18-10-4-5-12-20(18)30-23(21)26/h4-5,9-12,14,17H,2-3,6-8,13,15-16H2,1H3,(H2,26,30)(H,27,32). The molecule has 0 fully saturated rings. The van der Waals surface area contributed by atoms with Crippen molar-refractivity contribution in [2.45, 2.75) is 50.6 Å². The minimum Gasteiger partial charge on any atom is -0.382 e. The number of hydrogen-bond donors (Lipinski definition) is 2.